The van der Waals surface area contributed by atoms with Crippen LogP contribution in [0.25, 0.3) is 11.0 Å². The van der Waals surface area contributed by atoms with Crippen molar-refractivity contribution in [3.05, 3.63) is 86.1 Å². The van der Waals surface area contributed by atoms with Crippen molar-refractivity contribution in [2.45, 2.75) is 13.5 Å². The molecule has 11 heteroatoms. The second-order valence-corrected chi connectivity index (χ2v) is 8.68. The van der Waals surface area contributed by atoms with E-state index in [1.807, 2.05) is 6.92 Å². The van der Waals surface area contributed by atoms with Crippen LogP contribution in [0.15, 0.2) is 48.5 Å². The highest BCUT2D eigenvalue weighted by molar-refractivity contribution is 6.40. The van der Waals surface area contributed by atoms with Gasteiger partial charge in [0.05, 0.1) is 26.7 Å². The number of carbonyl (C=O) groups is 2. The number of hydrogen-bond acceptors (Lipinski definition) is 4. The maximum Gasteiger partial charge on any atom is 0.258 e. The highest BCUT2D eigenvalue weighted by atomic mass is 35.5. The Morgan fingerprint density at radius 3 is 2.31 bits per heavy atom. The van der Waals surface area contributed by atoms with Gasteiger partial charge in [0, 0.05) is 23.5 Å². The zero-order valence-electron chi connectivity index (χ0n) is 18.5. The summed E-state index contributed by atoms with van der Waals surface area (Å²) in [4.78, 5) is 33.8. The first-order chi connectivity index (χ1) is 16.3. The van der Waals surface area contributed by atoms with E-state index < -0.39 is 11.8 Å². The number of imidazole rings is 1. The van der Waals surface area contributed by atoms with Crippen LogP contribution in [0, 0.1) is 6.92 Å². The molecule has 0 saturated heterocycles. The van der Waals surface area contributed by atoms with Crippen LogP contribution < -0.4 is 10.6 Å². The number of fused-ring (bicyclic) bond motifs is 1. The highest BCUT2D eigenvalue weighted by Gasteiger charge is 2.20. The lowest BCUT2D eigenvalue weighted by molar-refractivity contribution is 0.101. The maximum atomic E-state index is 13.3. The number of nitrogens with zero attached hydrogens (tertiary/aromatic N) is 1. The molecule has 4 rings (SSSR count). The van der Waals surface area contributed by atoms with Crippen molar-refractivity contribution in [3.8, 4) is 0 Å². The quantitative estimate of drug-likeness (QED) is 0.242. The zero-order chi connectivity index (χ0) is 24.4. The molecule has 7 nitrogen and oxygen atoms in total. The van der Waals surface area contributed by atoms with Crippen LogP contribution in [-0.2, 0) is 11.3 Å². The van der Waals surface area contributed by atoms with Crippen LogP contribution in [0.2, 0.25) is 15.1 Å². The van der Waals surface area contributed by atoms with Gasteiger partial charge in [0.2, 0.25) is 0 Å². The molecule has 0 aliphatic heterocycles. The second-order valence-electron chi connectivity index (χ2n) is 7.45. The van der Waals surface area contributed by atoms with E-state index in [2.05, 4.69) is 20.6 Å². The van der Waals surface area contributed by atoms with Gasteiger partial charge in [-0.15, -0.1) is 12.4 Å². The SMILES string of the molecule is COCc1nc2c(C(=O)Nc3cccc(Cl)c3C)cc(NC(=O)c3c(Cl)cccc3Cl)cc2[nH]1.Cl. The minimum Gasteiger partial charge on any atom is -0.377 e. The number of H-pyrrole nitrogens is 1. The Bertz CT molecular complexity index is 1400. The van der Waals surface area contributed by atoms with Crippen LogP contribution in [0.4, 0.5) is 11.4 Å². The zero-order valence-corrected chi connectivity index (χ0v) is 21.6. The molecule has 3 N–H and O–H groups in total. The third kappa shape index (κ3) is 5.72. The predicted molar refractivity (Wildman–Crippen MR) is 143 cm³/mol. The number of benzene rings is 3. The molecule has 0 fully saturated rings. The smallest absolute Gasteiger partial charge is 0.258 e. The van der Waals surface area contributed by atoms with Crippen LogP contribution >= 0.6 is 47.2 Å². The molecule has 2 amide bonds. The molecule has 1 heterocycles. The van der Waals surface area contributed by atoms with Crippen LogP contribution in [0.1, 0.15) is 32.1 Å². The van der Waals surface area contributed by atoms with Crippen molar-refractivity contribution in [1.29, 1.82) is 0 Å². The van der Waals surface area contributed by atoms with Crippen molar-refractivity contribution >= 4 is 81.4 Å². The number of aromatic amines is 1. The number of ether oxygens (including phenoxy) is 1. The van der Waals surface area contributed by atoms with E-state index in [0.29, 0.717) is 33.3 Å². The summed E-state index contributed by atoms with van der Waals surface area (Å²) in [7, 11) is 1.54. The van der Waals surface area contributed by atoms with Gasteiger partial charge in [-0.05, 0) is 48.9 Å². The summed E-state index contributed by atoms with van der Waals surface area (Å²) in [5, 5.41) is 6.59. The third-order valence-electron chi connectivity index (χ3n) is 5.12. The molecular formula is C24H20Cl4N4O3. The van der Waals surface area contributed by atoms with Gasteiger partial charge >= 0.3 is 0 Å². The van der Waals surface area contributed by atoms with Gasteiger partial charge in [-0.1, -0.05) is 46.9 Å². The monoisotopic (exact) mass is 552 g/mol. The van der Waals surface area contributed by atoms with Gasteiger partial charge in [-0.25, -0.2) is 4.98 Å². The van der Waals surface area contributed by atoms with Gasteiger partial charge in [0.1, 0.15) is 17.9 Å². The number of methoxy groups -OCH3 is 1. The molecule has 3 aromatic carbocycles. The number of anilines is 2. The average Bonchev–Trinajstić information content (AvgIpc) is 3.19. The molecule has 0 radical (unpaired) electrons. The molecule has 0 spiro atoms. The van der Waals surface area contributed by atoms with Crippen LogP contribution in [-0.4, -0.2) is 28.9 Å². The van der Waals surface area contributed by atoms with Gasteiger partial charge in [0.25, 0.3) is 11.8 Å². The largest absolute Gasteiger partial charge is 0.377 e. The Balaban J connectivity index is 0.00000342. The Morgan fingerprint density at radius 1 is 0.971 bits per heavy atom. The molecule has 0 aliphatic carbocycles. The Labute approximate surface area is 222 Å². The normalized spacial score (nSPS) is 10.7. The summed E-state index contributed by atoms with van der Waals surface area (Å²) in [5.41, 5.74) is 3.01. The molecule has 0 aliphatic rings. The Morgan fingerprint density at radius 2 is 1.63 bits per heavy atom. The minimum atomic E-state index is -0.511. The first-order valence-electron chi connectivity index (χ1n) is 10.1. The lowest BCUT2D eigenvalue weighted by Crippen LogP contribution is -2.16. The number of amides is 2. The number of rotatable bonds is 6. The Hall–Kier alpha value is -2.81. The maximum absolute atomic E-state index is 13.3. The summed E-state index contributed by atoms with van der Waals surface area (Å²) < 4.78 is 5.15. The molecule has 0 unspecified atom stereocenters. The van der Waals surface area contributed by atoms with E-state index in [9.17, 15) is 9.59 Å². The molecular weight excluding hydrogens is 534 g/mol. The lowest BCUT2D eigenvalue weighted by Gasteiger charge is -2.12. The van der Waals surface area contributed by atoms with Gasteiger partial charge in [-0.2, -0.15) is 0 Å². The van der Waals surface area contributed by atoms with Gasteiger partial charge in [-0.3, -0.25) is 9.59 Å². The average molecular weight is 554 g/mol. The molecule has 0 saturated carbocycles. The van der Waals surface area contributed by atoms with E-state index in [4.69, 9.17) is 39.5 Å². The fourth-order valence-electron chi connectivity index (χ4n) is 3.46. The van der Waals surface area contributed by atoms with Gasteiger partial charge in [0.15, 0.2) is 0 Å². The molecule has 4 aromatic rings. The van der Waals surface area contributed by atoms with E-state index >= 15 is 0 Å². The highest BCUT2D eigenvalue weighted by Crippen LogP contribution is 2.29. The minimum absolute atomic E-state index is 0. The first-order valence-corrected chi connectivity index (χ1v) is 11.2. The second kappa shape index (κ2) is 11.3. The standard InChI is InChI=1S/C24H19Cl3N4O3.ClH/c1-12-15(25)5-4-8-18(12)30-23(32)14-9-13(10-19-22(14)31-20(29-19)11-34-2)28-24(33)21-16(26)6-3-7-17(21)27;/h3-10H,11H2,1-2H3,(H,28,33)(H,29,31)(H,30,32);1H. The lowest BCUT2D eigenvalue weighted by atomic mass is 10.1. The topological polar surface area (TPSA) is 96.1 Å². The van der Waals surface area contributed by atoms with Crippen molar-refractivity contribution in [2.24, 2.45) is 0 Å². The first kappa shape index (κ1) is 26.8. The summed E-state index contributed by atoms with van der Waals surface area (Å²) in [6.07, 6.45) is 0. The van der Waals surface area contributed by atoms with Crippen LogP contribution in [0.3, 0.4) is 0 Å². The van der Waals surface area contributed by atoms with E-state index in [0.717, 1.165) is 5.56 Å². The summed E-state index contributed by atoms with van der Waals surface area (Å²) in [5.74, 6) is -0.399. The van der Waals surface area contributed by atoms with Crippen molar-refractivity contribution in [1.82, 2.24) is 9.97 Å². The predicted octanol–water partition coefficient (Wildman–Crippen LogP) is 6.90. The van der Waals surface area contributed by atoms with E-state index in [1.54, 1.807) is 49.6 Å². The third-order valence-corrected chi connectivity index (χ3v) is 6.16. The van der Waals surface area contributed by atoms with E-state index in [1.165, 1.54) is 6.07 Å². The number of aromatic nitrogens is 2. The van der Waals surface area contributed by atoms with Crippen molar-refractivity contribution < 1.29 is 14.3 Å². The van der Waals surface area contributed by atoms with Crippen LogP contribution in [0.5, 0.6) is 0 Å². The van der Waals surface area contributed by atoms with Gasteiger partial charge < -0.3 is 20.4 Å². The fraction of sp³-hybridized carbons (Fsp3) is 0.125. The fourth-order valence-corrected chi connectivity index (χ4v) is 4.20. The summed E-state index contributed by atoms with van der Waals surface area (Å²) in [6, 6.07) is 13.2. The van der Waals surface area contributed by atoms with Crippen molar-refractivity contribution in [2.75, 3.05) is 17.7 Å². The number of nitrogens with one attached hydrogen (secondary N) is 3. The number of hydrogen-bond donors (Lipinski definition) is 3. The molecule has 0 bridgehead atoms. The number of carbonyl (C=O) groups excluding carboxylic acids is 2. The number of halogens is 4. The Kier molecular flexibility index (Phi) is 8.64. The molecule has 1 aromatic heterocycles. The molecule has 0 atom stereocenters. The van der Waals surface area contributed by atoms with E-state index in [-0.39, 0.29) is 40.2 Å². The summed E-state index contributed by atoms with van der Waals surface area (Å²) in [6.45, 7) is 2.03. The summed E-state index contributed by atoms with van der Waals surface area (Å²) >= 11 is 18.5. The molecule has 35 heavy (non-hydrogen) atoms. The van der Waals surface area contributed by atoms with Crippen molar-refractivity contribution in [3.63, 3.8) is 0 Å². The molecule has 182 valence electrons.